The number of nitrogens with two attached hydrogens (primary N) is 1. The van der Waals surface area contributed by atoms with Gasteiger partial charge >= 0.3 is 0 Å². The van der Waals surface area contributed by atoms with Crippen LogP contribution >= 0.6 is 0 Å². The van der Waals surface area contributed by atoms with Crippen molar-refractivity contribution in [1.82, 2.24) is 4.98 Å². The van der Waals surface area contributed by atoms with Gasteiger partial charge in [-0.2, -0.15) is 0 Å². The molecular formula is C7H7F3N2. The number of nitrogens with zero attached hydrogens (tertiary/aromatic N) is 1. The first-order chi connectivity index (χ1) is 5.41. The third kappa shape index (κ3) is 1.66. The van der Waals surface area contributed by atoms with Crippen LogP contribution in [-0.2, 0) is 5.92 Å². The second kappa shape index (κ2) is 2.66. The van der Waals surface area contributed by atoms with Crippen LogP contribution in [0, 0.1) is 5.82 Å². The van der Waals surface area contributed by atoms with Crippen LogP contribution in [-0.4, -0.2) is 4.98 Å². The standard InChI is InChI=1S/C7H7F3N2/c1-7(9,10)4-2-6(11)12-3-5(4)8/h2-3H,1H3,(H2,11,12). The SMILES string of the molecule is CC(F)(F)c1cc(N)ncc1F. The van der Waals surface area contributed by atoms with Crippen LogP contribution < -0.4 is 5.73 Å². The molecule has 0 amide bonds. The van der Waals surface area contributed by atoms with Crippen molar-refractivity contribution in [3.63, 3.8) is 0 Å². The molecule has 0 saturated heterocycles. The first-order valence-corrected chi connectivity index (χ1v) is 3.20. The lowest BCUT2D eigenvalue weighted by molar-refractivity contribution is 0.0137. The molecule has 2 nitrogen and oxygen atoms in total. The fraction of sp³-hybridized carbons (Fsp3) is 0.286. The number of anilines is 1. The molecule has 2 N–H and O–H groups in total. The quantitative estimate of drug-likeness (QED) is 0.709. The molecule has 0 aromatic carbocycles. The van der Waals surface area contributed by atoms with Gasteiger partial charge in [0, 0.05) is 6.92 Å². The van der Waals surface area contributed by atoms with Gasteiger partial charge in [0.25, 0.3) is 5.92 Å². The molecule has 0 saturated carbocycles. The Morgan fingerprint density at radius 3 is 2.50 bits per heavy atom. The molecule has 5 heteroatoms. The number of alkyl halides is 2. The zero-order valence-electron chi connectivity index (χ0n) is 6.31. The van der Waals surface area contributed by atoms with Gasteiger partial charge < -0.3 is 5.73 Å². The van der Waals surface area contributed by atoms with Gasteiger partial charge in [0.1, 0.15) is 5.82 Å². The number of pyridine rings is 1. The summed E-state index contributed by atoms with van der Waals surface area (Å²) in [6, 6.07) is 0.829. The van der Waals surface area contributed by atoms with E-state index in [-0.39, 0.29) is 5.82 Å². The van der Waals surface area contributed by atoms with E-state index >= 15 is 0 Å². The van der Waals surface area contributed by atoms with Crippen LogP contribution in [0.2, 0.25) is 0 Å². The summed E-state index contributed by atoms with van der Waals surface area (Å²) in [5.41, 5.74) is 4.39. The van der Waals surface area contributed by atoms with Crippen molar-refractivity contribution in [3.05, 3.63) is 23.6 Å². The topological polar surface area (TPSA) is 38.9 Å². The summed E-state index contributed by atoms with van der Waals surface area (Å²) < 4.78 is 37.8. The van der Waals surface area contributed by atoms with Crippen LogP contribution in [0.1, 0.15) is 12.5 Å². The Morgan fingerprint density at radius 2 is 2.08 bits per heavy atom. The molecule has 0 aliphatic carbocycles. The summed E-state index contributed by atoms with van der Waals surface area (Å²) in [4.78, 5) is 3.32. The van der Waals surface area contributed by atoms with Crippen molar-refractivity contribution >= 4 is 5.82 Å². The van der Waals surface area contributed by atoms with E-state index in [1.807, 2.05) is 0 Å². The molecule has 0 spiro atoms. The lowest BCUT2D eigenvalue weighted by Gasteiger charge is -2.11. The van der Waals surface area contributed by atoms with E-state index in [0.717, 1.165) is 6.07 Å². The fourth-order valence-electron chi connectivity index (χ4n) is 0.791. The Balaban J connectivity index is 3.23. The largest absolute Gasteiger partial charge is 0.384 e. The highest BCUT2D eigenvalue weighted by molar-refractivity contribution is 5.34. The molecule has 0 aliphatic rings. The second-order valence-corrected chi connectivity index (χ2v) is 2.48. The maximum atomic E-state index is 12.7. The Labute approximate surface area is 67.2 Å². The van der Waals surface area contributed by atoms with Gasteiger partial charge in [-0.15, -0.1) is 0 Å². The number of halogens is 3. The lowest BCUT2D eigenvalue weighted by atomic mass is 10.1. The summed E-state index contributed by atoms with van der Waals surface area (Å²) in [5, 5.41) is 0. The molecule has 0 fully saturated rings. The van der Waals surface area contributed by atoms with Gasteiger partial charge in [0.2, 0.25) is 0 Å². The molecule has 1 heterocycles. The van der Waals surface area contributed by atoms with Crippen LogP contribution in [0.25, 0.3) is 0 Å². The van der Waals surface area contributed by atoms with Crippen LogP contribution in [0.4, 0.5) is 19.0 Å². The number of hydrogen-bond acceptors (Lipinski definition) is 2. The molecule has 0 unspecified atom stereocenters. The molecule has 1 aromatic heterocycles. The minimum absolute atomic E-state index is 0.118. The summed E-state index contributed by atoms with van der Waals surface area (Å²) in [6.07, 6.45) is 0.683. The molecular weight excluding hydrogens is 169 g/mol. The van der Waals surface area contributed by atoms with E-state index in [9.17, 15) is 13.2 Å². The third-order valence-corrected chi connectivity index (χ3v) is 1.35. The van der Waals surface area contributed by atoms with Crippen molar-refractivity contribution in [2.45, 2.75) is 12.8 Å². The van der Waals surface area contributed by atoms with Gasteiger partial charge in [-0.1, -0.05) is 0 Å². The average Bonchev–Trinajstić information content (AvgIpc) is 1.92. The predicted molar refractivity (Wildman–Crippen MR) is 38.2 cm³/mol. The molecule has 0 aliphatic heterocycles. The van der Waals surface area contributed by atoms with Crippen molar-refractivity contribution in [1.29, 1.82) is 0 Å². The van der Waals surface area contributed by atoms with Gasteiger partial charge in [-0.3, -0.25) is 0 Å². The molecule has 1 aromatic rings. The summed E-state index contributed by atoms with van der Waals surface area (Å²) in [7, 11) is 0. The van der Waals surface area contributed by atoms with Crippen LogP contribution in [0.15, 0.2) is 12.3 Å². The predicted octanol–water partition coefficient (Wildman–Crippen LogP) is 1.91. The summed E-state index contributed by atoms with van der Waals surface area (Å²) in [5.74, 6) is -4.38. The van der Waals surface area contributed by atoms with Crippen molar-refractivity contribution in [3.8, 4) is 0 Å². The maximum absolute atomic E-state index is 12.7. The Kier molecular flexibility index (Phi) is 1.95. The van der Waals surface area contributed by atoms with Crippen molar-refractivity contribution < 1.29 is 13.2 Å². The van der Waals surface area contributed by atoms with Crippen LogP contribution in [0.3, 0.4) is 0 Å². The highest BCUT2D eigenvalue weighted by atomic mass is 19.3. The van der Waals surface area contributed by atoms with E-state index in [4.69, 9.17) is 5.73 Å². The third-order valence-electron chi connectivity index (χ3n) is 1.35. The van der Waals surface area contributed by atoms with E-state index in [1.54, 1.807) is 0 Å². The monoisotopic (exact) mass is 176 g/mol. The van der Waals surface area contributed by atoms with E-state index in [2.05, 4.69) is 4.98 Å². The van der Waals surface area contributed by atoms with E-state index < -0.39 is 17.3 Å². The fourth-order valence-corrected chi connectivity index (χ4v) is 0.791. The van der Waals surface area contributed by atoms with E-state index in [1.165, 1.54) is 0 Å². The van der Waals surface area contributed by atoms with Gasteiger partial charge in [-0.05, 0) is 6.07 Å². The molecule has 0 bridgehead atoms. The summed E-state index contributed by atoms with van der Waals surface area (Å²) >= 11 is 0. The maximum Gasteiger partial charge on any atom is 0.273 e. The zero-order valence-corrected chi connectivity index (χ0v) is 6.31. The lowest BCUT2D eigenvalue weighted by Crippen LogP contribution is -2.11. The smallest absolute Gasteiger partial charge is 0.273 e. The Morgan fingerprint density at radius 1 is 1.50 bits per heavy atom. The Bertz CT molecular complexity index is 293. The van der Waals surface area contributed by atoms with E-state index in [0.29, 0.717) is 13.1 Å². The van der Waals surface area contributed by atoms with Crippen LogP contribution in [0.5, 0.6) is 0 Å². The van der Waals surface area contributed by atoms with Crippen molar-refractivity contribution in [2.24, 2.45) is 0 Å². The second-order valence-electron chi connectivity index (χ2n) is 2.48. The highest BCUT2D eigenvalue weighted by Gasteiger charge is 2.28. The molecule has 1 rings (SSSR count). The minimum atomic E-state index is -3.22. The average molecular weight is 176 g/mol. The summed E-state index contributed by atoms with van der Waals surface area (Å²) in [6.45, 7) is 0.602. The van der Waals surface area contributed by atoms with Gasteiger partial charge in [-0.25, -0.2) is 18.2 Å². The number of aromatic nitrogens is 1. The van der Waals surface area contributed by atoms with Gasteiger partial charge in [0.05, 0.1) is 11.8 Å². The molecule has 12 heavy (non-hydrogen) atoms. The number of hydrogen-bond donors (Lipinski definition) is 1. The first-order valence-electron chi connectivity index (χ1n) is 3.20. The Hall–Kier alpha value is -1.26. The highest BCUT2D eigenvalue weighted by Crippen LogP contribution is 2.29. The molecule has 0 radical (unpaired) electrons. The van der Waals surface area contributed by atoms with Gasteiger partial charge in [0.15, 0.2) is 5.82 Å². The normalized spacial score (nSPS) is 11.7. The first kappa shape index (κ1) is 8.83. The number of nitrogen functional groups attached to an aromatic ring is 1. The molecule has 0 atom stereocenters. The zero-order chi connectivity index (χ0) is 9.35. The number of rotatable bonds is 1. The molecule has 66 valence electrons. The van der Waals surface area contributed by atoms with Crippen molar-refractivity contribution in [2.75, 3.05) is 5.73 Å². The minimum Gasteiger partial charge on any atom is -0.384 e.